The molecule has 0 atom stereocenters. The zero-order valence-corrected chi connectivity index (χ0v) is 15.9. The van der Waals surface area contributed by atoms with Crippen molar-refractivity contribution in [3.05, 3.63) is 65.9 Å². The number of aryl methyl sites for hydroxylation is 1. The van der Waals surface area contributed by atoms with E-state index in [0.717, 1.165) is 17.6 Å². The van der Waals surface area contributed by atoms with Crippen LogP contribution in [0.3, 0.4) is 0 Å². The van der Waals surface area contributed by atoms with Crippen LogP contribution in [0.15, 0.2) is 48.9 Å². The molecule has 3 aromatic rings. The Morgan fingerprint density at radius 3 is 2.45 bits per heavy atom. The SMILES string of the molecule is Cc1ccc(Nc2ccc(N3CCN(C(=O)c4ccncc4F)CC3)nn2)nc1. The molecule has 8 nitrogen and oxygen atoms in total. The van der Waals surface area contributed by atoms with Crippen LogP contribution in [0, 0.1) is 12.7 Å². The van der Waals surface area contributed by atoms with Crippen LogP contribution in [-0.4, -0.2) is 57.2 Å². The molecule has 29 heavy (non-hydrogen) atoms. The summed E-state index contributed by atoms with van der Waals surface area (Å²) in [5, 5.41) is 11.6. The number of piperazine rings is 1. The molecule has 1 aliphatic rings. The Hall–Kier alpha value is -3.62. The monoisotopic (exact) mass is 393 g/mol. The molecule has 148 valence electrons. The minimum atomic E-state index is -0.600. The van der Waals surface area contributed by atoms with E-state index >= 15 is 0 Å². The van der Waals surface area contributed by atoms with Crippen LogP contribution in [-0.2, 0) is 0 Å². The minimum absolute atomic E-state index is 0.0494. The number of carbonyl (C=O) groups is 1. The molecule has 1 fully saturated rings. The van der Waals surface area contributed by atoms with E-state index in [-0.39, 0.29) is 11.5 Å². The van der Waals surface area contributed by atoms with E-state index in [1.54, 1.807) is 11.1 Å². The van der Waals surface area contributed by atoms with E-state index in [4.69, 9.17) is 0 Å². The van der Waals surface area contributed by atoms with Gasteiger partial charge in [-0.1, -0.05) is 6.07 Å². The molecule has 0 saturated carbocycles. The van der Waals surface area contributed by atoms with Crippen molar-refractivity contribution in [1.82, 2.24) is 25.1 Å². The lowest BCUT2D eigenvalue weighted by molar-refractivity contribution is 0.0741. The summed E-state index contributed by atoms with van der Waals surface area (Å²) >= 11 is 0. The number of hydrogen-bond acceptors (Lipinski definition) is 7. The second-order valence-electron chi connectivity index (χ2n) is 6.76. The van der Waals surface area contributed by atoms with Gasteiger partial charge in [-0.15, -0.1) is 10.2 Å². The third kappa shape index (κ3) is 4.29. The summed E-state index contributed by atoms with van der Waals surface area (Å²) in [7, 11) is 0. The molecule has 0 bridgehead atoms. The smallest absolute Gasteiger partial charge is 0.257 e. The summed E-state index contributed by atoms with van der Waals surface area (Å²) in [6.07, 6.45) is 4.26. The fourth-order valence-electron chi connectivity index (χ4n) is 3.09. The molecular formula is C20H20FN7O. The van der Waals surface area contributed by atoms with Gasteiger partial charge in [-0.25, -0.2) is 9.37 Å². The molecule has 1 amide bonds. The fraction of sp³-hybridized carbons (Fsp3) is 0.250. The number of nitrogens with zero attached hydrogens (tertiary/aromatic N) is 6. The average molecular weight is 393 g/mol. The second kappa shape index (κ2) is 8.17. The van der Waals surface area contributed by atoms with Gasteiger partial charge in [0, 0.05) is 38.6 Å². The number of aromatic nitrogens is 4. The van der Waals surface area contributed by atoms with E-state index in [0.29, 0.717) is 37.8 Å². The number of pyridine rings is 2. The lowest BCUT2D eigenvalue weighted by Crippen LogP contribution is -2.49. The molecule has 3 aromatic heterocycles. The average Bonchev–Trinajstić information content (AvgIpc) is 2.76. The van der Waals surface area contributed by atoms with Crippen molar-refractivity contribution in [3.8, 4) is 0 Å². The van der Waals surface area contributed by atoms with Crippen LogP contribution in [0.2, 0.25) is 0 Å². The standard InChI is InChI=1S/C20H20FN7O/c1-14-2-3-17(23-12-14)24-18-4-5-19(26-25-18)27-8-10-28(11-9-27)20(29)15-6-7-22-13-16(15)21/h2-7,12-13H,8-11H2,1H3,(H,23,24,25). The molecule has 0 unspecified atom stereocenters. The van der Waals surface area contributed by atoms with E-state index in [9.17, 15) is 9.18 Å². The summed E-state index contributed by atoms with van der Waals surface area (Å²) in [5.74, 6) is 1.12. The van der Waals surface area contributed by atoms with Crippen LogP contribution in [0.5, 0.6) is 0 Å². The molecule has 0 radical (unpaired) electrons. The minimum Gasteiger partial charge on any atom is -0.352 e. The van der Waals surface area contributed by atoms with Crippen molar-refractivity contribution < 1.29 is 9.18 Å². The lowest BCUT2D eigenvalue weighted by atomic mass is 10.2. The second-order valence-corrected chi connectivity index (χ2v) is 6.76. The Kier molecular flexibility index (Phi) is 5.28. The van der Waals surface area contributed by atoms with Gasteiger partial charge in [0.05, 0.1) is 11.8 Å². The van der Waals surface area contributed by atoms with Crippen molar-refractivity contribution in [2.24, 2.45) is 0 Å². The number of rotatable bonds is 4. The number of anilines is 3. The third-order valence-electron chi connectivity index (χ3n) is 4.71. The molecule has 1 saturated heterocycles. The number of amides is 1. The highest BCUT2D eigenvalue weighted by molar-refractivity contribution is 5.94. The number of halogens is 1. The molecule has 1 N–H and O–H groups in total. The molecule has 4 heterocycles. The molecule has 1 aliphatic heterocycles. The summed E-state index contributed by atoms with van der Waals surface area (Å²) in [6.45, 7) is 4.14. The number of nitrogens with one attached hydrogen (secondary N) is 1. The van der Waals surface area contributed by atoms with E-state index in [1.807, 2.05) is 36.1 Å². The van der Waals surface area contributed by atoms with Crippen LogP contribution in [0.1, 0.15) is 15.9 Å². The summed E-state index contributed by atoms with van der Waals surface area (Å²) in [4.78, 5) is 24.2. The zero-order valence-electron chi connectivity index (χ0n) is 15.9. The van der Waals surface area contributed by atoms with Gasteiger partial charge in [-0.2, -0.15) is 0 Å². The summed E-state index contributed by atoms with van der Waals surface area (Å²) in [5.41, 5.74) is 1.13. The Morgan fingerprint density at radius 1 is 1.00 bits per heavy atom. The normalized spacial score (nSPS) is 14.0. The quantitative estimate of drug-likeness (QED) is 0.728. The summed E-state index contributed by atoms with van der Waals surface area (Å²) < 4.78 is 13.8. The maximum Gasteiger partial charge on any atom is 0.257 e. The van der Waals surface area contributed by atoms with Crippen molar-refractivity contribution in [2.75, 3.05) is 36.4 Å². The first-order valence-electron chi connectivity index (χ1n) is 9.27. The van der Waals surface area contributed by atoms with E-state index in [2.05, 4.69) is 25.5 Å². The van der Waals surface area contributed by atoms with E-state index in [1.165, 1.54) is 12.3 Å². The molecule has 0 spiro atoms. The predicted octanol–water partition coefficient (Wildman–Crippen LogP) is 2.42. The lowest BCUT2D eigenvalue weighted by Gasteiger charge is -2.35. The molecule has 0 aromatic carbocycles. The maximum atomic E-state index is 13.8. The largest absolute Gasteiger partial charge is 0.352 e. The molecular weight excluding hydrogens is 373 g/mol. The first kappa shape index (κ1) is 18.7. The van der Waals surface area contributed by atoms with Gasteiger partial charge in [0.15, 0.2) is 17.5 Å². The Bertz CT molecular complexity index is 986. The Labute approximate surface area is 167 Å². The van der Waals surface area contributed by atoms with Gasteiger partial charge in [-0.3, -0.25) is 9.78 Å². The topological polar surface area (TPSA) is 87.1 Å². The van der Waals surface area contributed by atoms with E-state index < -0.39 is 5.82 Å². The highest BCUT2D eigenvalue weighted by Gasteiger charge is 2.24. The molecule has 9 heteroatoms. The first-order valence-corrected chi connectivity index (χ1v) is 9.27. The fourth-order valence-corrected chi connectivity index (χ4v) is 3.09. The van der Waals surface area contributed by atoms with Gasteiger partial charge in [0.1, 0.15) is 5.82 Å². The van der Waals surface area contributed by atoms with Gasteiger partial charge in [-0.05, 0) is 36.8 Å². The van der Waals surface area contributed by atoms with Gasteiger partial charge >= 0.3 is 0 Å². The van der Waals surface area contributed by atoms with Crippen molar-refractivity contribution in [3.63, 3.8) is 0 Å². The maximum absolute atomic E-state index is 13.8. The number of hydrogen-bond donors (Lipinski definition) is 1. The number of carbonyl (C=O) groups excluding carboxylic acids is 1. The zero-order chi connectivity index (χ0) is 20.2. The van der Waals surface area contributed by atoms with Crippen LogP contribution >= 0.6 is 0 Å². The predicted molar refractivity (Wildman–Crippen MR) is 107 cm³/mol. The molecule has 0 aliphatic carbocycles. The van der Waals surface area contributed by atoms with Gasteiger partial charge in [0.25, 0.3) is 5.91 Å². The first-order chi connectivity index (χ1) is 14.1. The van der Waals surface area contributed by atoms with Crippen molar-refractivity contribution in [2.45, 2.75) is 6.92 Å². The van der Waals surface area contributed by atoms with Crippen LogP contribution < -0.4 is 10.2 Å². The van der Waals surface area contributed by atoms with Crippen LogP contribution in [0.25, 0.3) is 0 Å². The highest BCUT2D eigenvalue weighted by Crippen LogP contribution is 2.18. The highest BCUT2D eigenvalue weighted by atomic mass is 19.1. The molecule has 4 rings (SSSR count). The Balaban J connectivity index is 1.35. The van der Waals surface area contributed by atoms with Crippen molar-refractivity contribution in [1.29, 1.82) is 0 Å². The van der Waals surface area contributed by atoms with Gasteiger partial charge in [0.2, 0.25) is 0 Å². The van der Waals surface area contributed by atoms with Gasteiger partial charge < -0.3 is 15.1 Å². The summed E-state index contributed by atoms with van der Waals surface area (Å²) in [6, 6.07) is 8.98. The third-order valence-corrected chi connectivity index (χ3v) is 4.71. The van der Waals surface area contributed by atoms with Crippen molar-refractivity contribution >= 4 is 23.4 Å². The Morgan fingerprint density at radius 2 is 1.79 bits per heavy atom. The van der Waals surface area contributed by atoms with Crippen LogP contribution in [0.4, 0.5) is 21.8 Å².